The Balaban J connectivity index is 1.57. The molecule has 0 radical (unpaired) electrons. The second-order valence-electron chi connectivity index (χ2n) is 5.77. The molecule has 2 aliphatic heterocycles. The molecule has 0 spiro atoms. The molecule has 0 aromatic heterocycles. The molecule has 2 fully saturated rings. The lowest BCUT2D eigenvalue weighted by Gasteiger charge is -2.34. The molecule has 0 saturated carbocycles. The highest BCUT2D eigenvalue weighted by Gasteiger charge is 2.39. The van der Waals surface area contributed by atoms with Crippen molar-refractivity contribution in [2.45, 2.75) is 38.3 Å². The van der Waals surface area contributed by atoms with Crippen molar-refractivity contribution in [1.82, 2.24) is 4.90 Å². The second kappa shape index (κ2) is 5.85. The molecule has 3 rings (SSSR count). The number of carbonyl (C=O) groups is 2. The molecule has 2 saturated heterocycles. The second-order valence-corrected chi connectivity index (χ2v) is 5.77. The predicted octanol–water partition coefficient (Wildman–Crippen LogP) is 1.71. The van der Waals surface area contributed by atoms with Gasteiger partial charge in [-0.3, -0.25) is 9.59 Å². The van der Waals surface area contributed by atoms with Gasteiger partial charge in [-0.15, -0.1) is 0 Å². The van der Waals surface area contributed by atoms with E-state index in [4.69, 9.17) is 4.74 Å². The van der Waals surface area contributed by atoms with Crippen LogP contribution in [0, 0.1) is 6.92 Å². The summed E-state index contributed by atoms with van der Waals surface area (Å²) in [6.07, 6.45) is 1.48. The molecule has 0 aliphatic carbocycles. The molecule has 112 valence electrons. The standard InChI is InChI=1S/C16H20N2O3/c1-11-4-6-12(7-5-11)17-15(19)9-14-16(20)18-8-2-3-13(18)10-21-14/h4-7,13-14H,2-3,8-10H2,1H3,(H,17,19). The third-order valence-corrected chi connectivity index (χ3v) is 4.13. The van der Waals surface area contributed by atoms with Crippen molar-refractivity contribution < 1.29 is 14.3 Å². The van der Waals surface area contributed by atoms with Gasteiger partial charge in [0.2, 0.25) is 5.91 Å². The van der Waals surface area contributed by atoms with Crippen LogP contribution in [0.3, 0.4) is 0 Å². The van der Waals surface area contributed by atoms with Crippen LogP contribution >= 0.6 is 0 Å². The van der Waals surface area contributed by atoms with Gasteiger partial charge in [0.05, 0.1) is 19.1 Å². The minimum atomic E-state index is -0.634. The normalized spacial score (nSPS) is 24.8. The predicted molar refractivity (Wildman–Crippen MR) is 78.9 cm³/mol. The smallest absolute Gasteiger partial charge is 0.252 e. The van der Waals surface area contributed by atoms with E-state index in [9.17, 15) is 9.59 Å². The fraction of sp³-hybridized carbons (Fsp3) is 0.500. The number of nitrogens with zero attached hydrogens (tertiary/aromatic N) is 1. The number of aryl methyl sites for hydroxylation is 1. The van der Waals surface area contributed by atoms with Crippen LogP contribution in [0.15, 0.2) is 24.3 Å². The number of morpholine rings is 1. The topological polar surface area (TPSA) is 58.6 Å². The maximum absolute atomic E-state index is 12.3. The molecule has 5 nitrogen and oxygen atoms in total. The molecule has 1 N–H and O–H groups in total. The van der Waals surface area contributed by atoms with Gasteiger partial charge in [-0.25, -0.2) is 0 Å². The minimum absolute atomic E-state index is 0.0391. The molecule has 0 bridgehead atoms. The molecule has 21 heavy (non-hydrogen) atoms. The molecule has 2 amide bonds. The summed E-state index contributed by atoms with van der Waals surface area (Å²) in [5.74, 6) is -0.224. The molecule has 5 heteroatoms. The fourth-order valence-corrected chi connectivity index (χ4v) is 2.95. The van der Waals surface area contributed by atoms with Crippen molar-refractivity contribution in [2.24, 2.45) is 0 Å². The van der Waals surface area contributed by atoms with Crippen molar-refractivity contribution >= 4 is 17.5 Å². The van der Waals surface area contributed by atoms with E-state index in [1.54, 1.807) is 0 Å². The van der Waals surface area contributed by atoms with E-state index in [0.29, 0.717) is 6.61 Å². The SMILES string of the molecule is Cc1ccc(NC(=O)CC2OCC3CCCN3C2=O)cc1. The quantitative estimate of drug-likeness (QED) is 0.921. The Morgan fingerprint density at radius 1 is 1.38 bits per heavy atom. The molecule has 1 aromatic rings. The number of carbonyl (C=O) groups excluding carboxylic acids is 2. The van der Waals surface area contributed by atoms with Crippen molar-refractivity contribution in [3.8, 4) is 0 Å². The molecule has 2 heterocycles. The first kappa shape index (κ1) is 14.1. The molecular weight excluding hydrogens is 268 g/mol. The zero-order chi connectivity index (χ0) is 14.8. The van der Waals surface area contributed by atoms with Crippen LogP contribution in [0.25, 0.3) is 0 Å². The molecule has 2 unspecified atom stereocenters. The van der Waals surface area contributed by atoms with Gasteiger partial charge in [0.25, 0.3) is 5.91 Å². The highest BCUT2D eigenvalue weighted by atomic mass is 16.5. The summed E-state index contributed by atoms with van der Waals surface area (Å²) in [7, 11) is 0. The number of rotatable bonds is 3. The summed E-state index contributed by atoms with van der Waals surface area (Å²) in [5, 5.41) is 2.81. The first-order chi connectivity index (χ1) is 10.1. The highest BCUT2D eigenvalue weighted by Crippen LogP contribution is 2.25. The zero-order valence-electron chi connectivity index (χ0n) is 12.2. The van der Waals surface area contributed by atoms with Gasteiger partial charge >= 0.3 is 0 Å². The first-order valence-corrected chi connectivity index (χ1v) is 7.42. The van der Waals surface area contributed by atoms with Gasteiger partial charge in [0.1, 0.15) is 6.10 Å². The number of hydrogen-bond acceptors (Lipinski definition) is 3. The summed E-state index contributed by atoms with van der Waals surface area (Å²) in [5.41, 5.74) is 1.88. The largest absolute Gasteiger partial charge is 0.366 e. The Morgan fingerprint density at radius 3 is 2.90 bits per heavy atom. The Bertz CT molecular complexity index is 541. The third-order valence-electron chi connectivity index (χ3n) is 4.13. The van der Waals surface area contributed by atoms with Gasteiger partial charge in [0.15, 0.2) is 0 Å². The van der Waals surface area contributed by atoms with Crippen LogP contribution in [-0.2, 0) is 14.3 Å². The van der Waals surface area contributed by atoms with E-state index in [2.05, 4.69) is 5.32 Å². The molecular formula is C16H20N2O3. The average Bonchev–Trinajstić information content (AvgIpc) is 2.94. The van der Waals surface area contributed by atoms with Crippen LogP contribution in [0.4, 0.5) is 5.69 Å². The van der Waals surface area contributed by atoms with Gasteiger partial charge in [0, 0.05) is 12.2 Å². The van der Waals surface area contributed by atoms with Crippen molar-refractivity contribution in [3.05, 3.63) is 29.8 Å². The summed E-state index contributed by atoms with van der Waals surface area (Å²) in [4.78, 5) is 26.2. The highest BCUT2D eigenvalue weighted by molar-refractivity contribution is 5.95. The first-order valence-electron chi connectivity index (χ1n) is 7.42. The van der Waals surface area contributed by atoms with Crippen molar-refractivity contribution in [2.75, 3.05) is 18.5 Å². The lowest BCUT2D eigenvalue weighted by molar-refractivity contribution is -0.158. The molecule has 1 aromatic carbocycles. The summed E-state index contributed by atoms with van der Waals surface area (Å²) >= 11 is 0. The Morgan fingerprint density at radius 2 is 2.14 bits per heavy atom. The van der Waals surface area contributed by atoms with Crippen molar-refractivity contribution in [3.63, 3.8) is 0 Å². The van der Waals surface area contributed by atoms with Crippen LogP contribution < -0.4 is 5.32 Å². The van der Waals surface area contributed by atoms with Crippen LogP contribution in [0.2, 0.25) is 0 Å². The Kier molecular flexibility index (Phi) is 3.92. The van der Waals surface area contributed by atoms with E-state index in [1.165, 1.54) is 0 Å². The summed E-state index contributed by atoms with van der Waals surface area (Å²) in [6, 6.07) is 7.80. The lowest BCUT2D eigenvalue weighted by atomic mass is 10.1. The van der Waals surface area contributed by atoms with E-state index in [1.807, 2.05) is 36.1 Å². The van der Waals surface area contributed by atoms with Gasteiger partial charge in [-0.05, 0) is 31.9 Å². The summed E-state index contributed by atoms with van der Waals surface area (Å²) < 4.78 is 5.58. The van der Waals surface area contributed by atoms with Crippen LogP contribution in [0.1, 0.15) is 24.8 Å². The zero-order valence-corrected chi connectivity index (χ0v) is 12.2. The fourth-order valence-electron chi connectivity index (χ4n) is 2.95. The third kappa shape index (κ3) is 3.08. The number of nitrogens with one attached hydrogen (secondary N) is 1. The number of hydrogen-bond donors (Lipinski definition) is 1. The Labute approximate surface area is 124 Å². The maximum atomic E-state index is 12.3. The number of fused-ring (bicyclic) bond motifs is 1. The minimum Gasteiger partial charge on any atom is -0.366 e. The van der Waals surface area contributed by atoms with Gasteiger partial charge in [-0.1, -0.05) is 17.7 Å². The van der Waals surface area contributed by atoms with E-state index >= 15 is 0 Å². The molecule has 2 atom stereocenters. The monoisotopic (exact) mass is 288 g/mol. The summed E-state index contributed by atoms with van der Waals surface area (Å²) in [6.45, 7) is 3.34. The van der Waals surface area contributed by atoms with Gasteiger partial charge < -0.3 is 15.0 Å². The van der Waals surface area contributed by atoms with E-state index in [-0.39, 0.29) is 24.3 Å². The van der Waals surface area contributed by atoms with E-state index < -0.39 is 6.10 Å². The molecule has 2 aliphatic rings. The van der Waals surface area contributed by atoms with Crippen LogP contribution in [0.5, 0.6) is 0 Å². The number of benzene rings is 1. The maximum Gasteiger partial charge on any atom is 0.252 e. The van der Waals surface area contributed by atoms with E-state index in [0.717, 1.165) is 30.6 Å². The van der Waals surface area contributed by atoms with Crippen molar-refractivity contribution in [1.29, 1.82) is 0 Å². The number of ether oxygens (including phenoxy) is 1. The lowest BCUT2D eigenvalue weighted by Crippen LogP contribution is -2.51. The Hall–Kier alpha value is -1.88. The van der Waals surface area contributed by atoms with Gasteiger partial charge in [-0.2, -0.15) is 0 Å². The van der Waals surface area contributed by atoms with Crippen LogP contribution in [-0.4, -0.2) is 42.0 Å². The average molecular weight is 288 g/mol. The number of anilines is 1. The number of amides is 2.